The Labute approximate surface area is 175 Å². The molecule has 0 aliphatic heterocycles. The van der Waals surface area contributed by atoms with E-state index in [4.69, 9.17) is 11.6 Å². The Bertz CT molecular complexity index is 1100. The van der Waals surface area contributed by atoms with Gasteiger partial charge in [0.15, 0.2) is 5.82 Å². The van der Waals surface area contributed by atoms with Crippen LogP contribution in [0.4, 0.5) is 26.3 Å². The van der Waals surface area contributed by atoms with Crippen LogP contribution in [-0.4, -0.2) is 30.6 Å². The molecule has 0 aliphatic carbocycles. The molecule has 14 heteroatoms. The number of hydrogen-bond donors (Lipinski definition) is 1. The molecule has 0 spiro atoms. The Hall–Kier alpha value is -3.22. The Kier molecular flexibility index (Phi) is 5.89. The van der Waals surface area contributed by atoms with Crippen molar-refractivity contribution < 1.29 is 31.1 Å². The summed E-state index contributed by atoms with van der Waals surface area (Å²) in [4.78, 5) is 23.5. The molecule has 0 unspecified atom stereocenters. The van der Waals surface area contributed by atoms with Gasteiger partial charge in [-0.3, -0.25) is 4.79 Å². The maximum Gasteiger partial charge on any atom is 0.453 e. The van der Waals surface area contributed by atoms with Crippen LogP contribution in [0.5, 0.6) is 0 Å². The van der Waals surface area contributed by atoms with E-state index in [1.54, 1.807) is 0 Å². The fourth-order valence-corrected chi connectivity index (χ4v) is 2.74. The zero-order valence-electron chi connectivity index (χ0n) is 15.3. The highest BCUT2D eigenvalue weighted by molar-refractivity contribution is 6.31. The summed E-state index contributed by atoms with van der Waals surface area (Å²) in [7, 11) is 0. The smallest absolute Gasteiger partial charge is 0.342 e. The van der Waals surface area contributed by atoms with Gasteiger partial charge in [-0.05, 0) is 31.2 Å². The third-order valence-corrected chi connectivity index (χ3v) is 4.07. The largest absolute Gasteiger partial charge is 0.453 e. The van der Waals surface area contributed by atoms with Crippen molar-refractivity contribution in [2.24, 2.45) is 0 Å². The Morgan fingerprint density at radius 2 is 1.71 bits per heavy atom. The third kappa shape index (κ3) is 5.10. The third-order valence-electron chi connectivity index (χ3n) is 3.85. The predicted molar refractivity (Wildman–Crippen MR) is 94.3 cm³/mol. The van der Waals surface area contributed by atoms with E-state index in [0.717, 1.165) is 6.07 Å². The Balaban J connectivity index is 1.95. The molecule has 3 aromatic rings. The van der Waals surface area contributed by atoms with Crippen molar-refractivity contribution in [3.63, 3.8) is 0 Å². The number of hydrogen-bond acceptors (Lipinski definition) is 5. The number of alkyl halides is 6. The fraction of sp³-hybridized carbons (Fsp3) is 0.235. The van der Waals surface area contributed by atoms with Crippen molar-refractivity contribution >= 4 is 17.5 Å². The second-order valence-corrected chi connectivity index (χ2v) is 6.61. The van der Waals surface area contributed by atoms with Gasteiger partial charge in [0.25, 0.3) is 17.7 Å². The van der Waals surface area contributed by atoms with Crippen molar-refractivity contribution in [1.29, 1.82) is 0 Å². The van der Waals surface area contributed by atoms with E-state index in [9.17, 15) is 31.1 Å². The minimum Gasteiger partial charge on any atom is -0.342 e. The van der Waals surface area contributed by atoms with E-state index in [1.165, 1.54) is 25.4 Å². The molecule has 0 aliphatic rings. The molecule has 31 heavy (non-hydrogen) atoms. The van der Waals surface area contributed by atoms with Gasteiger partial charge in [0, 0.05) is 23.0 Å². The molecular weight excluding hydrogens is 454 g/mol. The van der Waals surface area contributed by atoms with Crippen molar-refractivity contribution in [1.82, 2.24) is 30.0 Å². The van der Waals surface area contributed by atoms with Crippen molar-refractivity contribution in [3.05, 3.63) is 64.5 Å². The van der Waals surface area contributed by atoms with Gasteiger partial charge in [0.2, 0.25) is 0 Å². The van der Waals surface area contributed by atoms with Crippen LogP contribution in [0.3, 0.4) is 0 Å². The van der Waals surface area contributed by atoms with Crippen LogP contribution in [0.15, 0.2) is 36.7 Å². The molecule has 164 valence electrons. The Morgan fingerprint density at radius 3 is 2.29 bits per heavy atom. The molecule has 1 N–H and O–H groups in total. The molecule has 0 saturated heterocycles. The van der Waals surface area contributed by atoms with Gasteiger partial charge in [0.05, 0.1) is 11.6 Å². The summed E-state index contributed by atoms with van der Waals surface area (Å²) in [5.74, 6) is -3.15. The lowest BCUT2D eigenvalue weighted by atomic mass is 10.1. The number of nitrogens with one attached hydrogen (secondary N) is 1. The summed E-state index contributed by atoms with van der Waals surface area (Å²) >= 11 is 5.66. The second-order valence-electron chi connectivity index (χ2n) is 6.17. The summed E-state index contributed by atoms with van der Waals surface area (Å²) in [6.45, 7) is 1.27. The first kappa shape index (κ1) is 22.5. The first-order chi connectivity index (χ1) is 14.4. The highest BCUT2D eigenvalue weighted by Crippen LogP contribution is 2.32. The van der Waals surface area contributed by atoms with Crippen LogP contribution in [0.1, 0.15) is 40.5 Å². The number of amides is 1. The van der Waals surface area contributed by atoms with Crippen LogP contribution in [-0.2, 0) is 12.4 Å². The molecule has 0 radical (unpaired) electrons. The number of halogens is 7. The van der Waals surface area contributed by atoms with Crippen molar-refractivity contribution in [2.75, 3.05) is 0 Å². The van der Waals surface area contributed by atoms with Crippen molar-refractivity contribution in [3.8, 4) is 5.95 Å². The van der Waals surface area contributed by atoms with Gasteiger partial charge < -0.3 is 5.32 Å². The van der Waals surface area contributed by atoms with Gasteiger partial charge in [-0.25, -0.2) is 15.0 Å². The van der Waals surface area contributed by atoms with Crippen LogP contribution < -0.4 is 5.32 Å². The summed E-state index contributed by atoms with van der Waals surface area (Å²) < 4.78 is 78.9. The molecule has 1 amide bonds. The molecule has 2 heterocycles. The minimum atomic E-state index is -4.90. The van der Waals surface area contributed by atoms with E-state index >= 15 is 0 Å². The van der Waals surface area contributed by atoms with E-state index in [2.05, 4.69) is 25.4 Å². The molecule has 0 bridgehead atoms. The van der Waals surface area contributed by atoms with Gasteiger partial charge in [-0.2, -0.15) is 31.0 Å². The zero-order chi connectivity index (χ0) is 23.0. The topological polar surface area (TPSA) is 85.6 Å². The van der Waals surface area contributed by atoms with Gasteiger partial charge in [0.1, 0.15) is 0 Å². The van der Waals surface area contributed by atoms with Gasteiger partial charge in [-0.15, -0.1) is 5.10 Å². The number of benzene rings is 1. The molecule has 7 nitrogen and oxygen atoms in total. The summed E-state index contributed by atoms with van der Waals surface area (Å²) in [6.07, 6.45) is -7.13. The summed E-state index contributed by atoms with van der Waals surface area (Å²) in [5.41, 5.74) is -1.59. The predicted octanol–water partition coefficient (Wildman–Crippen LogP) is 4.24. The highest BCUT2D eigenvalue weighted by Gasteiger charge is 2.38. The lowest BCUT2D eigenvalue weighted by molar-refractivity contribution is -0.145. The number of nitrogens with zero attached hydrogens (tertiary/aromatic N) is 5. The maximum atomic E-state index is 13.1. The molecule has 0 saturated carbocycles. The minimum absolute atomic E-state index is 0.247. The van der Waals surface area contributed by atoms with Crippen molar-refractivity contribution in [2.45, 2.75) is 25.3 Å². The molecule has 1 atom stereocenters. The number of carbonyl (C=O) groups is 1. The summed E-state index contributed by atoms with van der Waals surface area (Å²) in [6, 6.07) is 2.41. The van der Waals surface area contributed by atoms with Crippen LogP contribution in [0, 0.1) is 0 Å². The first-order valence-corrected chi connectivity index (χ1v) is 8.74. The van der Waals surface area contributed by atoms with Crippen LogP contribution in [0.2, 0.25) is 5.02 Å². The summed E-state index contributed by atoms with van der Waals surface area (Å²) in [5, 5.41) is 5.29. The quantitative estimate of drug-likeness (QED) is 0.584. The highest BCUT2D eigenvalue weighted by atomic mass is 35.5. The molecule has 2 aromatic heterocycles. The van der Waals surface area contributed by atoms with E-state index in [0.29, 0.717) is 16.8 Å². The maximum absolute atomic E-state index is 13.1. The number of rotatable bonds is 4. The average Bonchev–Trinajstić information content (AvgIpc) is 3.13. The average molecular weight is 465 g/mol. The van der Waals surface area contributed by atoms with Crippen LogP contribution in [0.25, 0.3) is 5.95 Å². The Morgan fingerprint density at radius 1 is 1.06 bits per heavy atom. The lowest BCUT2D eigenvalue weighted by Gasteiger charge is -2.15. The first-order valence-electron chi connectivity index (χ1n) is 8.36. The van der Waals surface area contributed by atoms with E-state index in [-0.39, 0.29) is 16.8 Å². The molecular formula is C17H11ClF6N6O. The molecule has 1 aromatic carbocycles. The van der Waals surface area contributed by atoms with E-state index in [1.807, 2.05) is 0 Å². The van der Waals surface area contributed by atoms with E-state index < -0.39 is 41.3 Å². The zero-order valence-corrected chi connectivity index (χ0v) is 16.1. The van der Waals surface area contributed by atoms with Gasteiger partial charge >= 0.3 is 12.4 Å². The standard InChI is InChI=1S/C17H11ClF6N6O/c1-8(27-13(31)9-5-10(16(19,20)21)7-11(18)6-9)12-28-14(17(22,23)24)29-30(12)15-25-3-2-4-26-15/h2-8H,1H3,(H,27,31)/t8-/m0/s1. The normalized spacial score (nSPS) is 13.2. The SMILES string of the molecule is C[C@H](NC(=O)c1cc(Cl)cc(C(F)(F)F)c1)c1nc(C(F)(F)F)nn1-c1ncccn1. The fourth-order valence-electron chi connectivity index (χ4n) is 2.50. The monoisotopic (exact) mass is 464 g/mol. The molecule has 0 fully saturated rings. The lowest BCUT2D eigenvalue weighted by Crippen LogP contribution is -2.29. The number of carbonyl (C=O) groups excluding carboxylic acids is 1. The van der Waals surface area contributed by atoms with Crippen LogP contribution >= 0.6 is 11.6 Å². The number of aromatic nitrogens is 5. The van der Waals surface area contributed by atoms with Gasteiger partial charge in [-0.1, -0.05) is 11.6 Å². The molecule has 3 rings (SSSR count). The second kappa shape index (κ2) is 8.13.